The van der Waals surface area contributed by atoms with Gasteiger partial charge in [0.25, 0.3) is 5.56 Å². The van der Waals surface area contributed by atoms with Crippen molar-refractivity contribution in [2.24, 2.45) is 10.7 Å². The third-order valence-corrected chi connectivity index (χ3v) is 4.09. The van der Waals surface area contributed by atoms with Crippen LogP contribution in [0.1, 0.15) is 22.7 Å². The highest BCUT2D eigenvalue weighted by Crippen LogP contribution is 2.32. The summed E-state index contributed by atoms with van der Waals surface area (Å²) in [5.74, 6) is 0. The molecule has 0 unspecified atom stereocenters. The standard InChI is InChI=1S/C14H13F6N5O2S/c1-27-6-8-24-25-11(26)9(10(14(18,19)20)23-12(25)28-8)7(4-21)5-22-3-2-13(15,16)17/h4-5H,2-3,6,21H2,1H3/b7-4+,22-5?. The zero-order valence-corrected chi connectivity index (χ0v) is 15.0. The summed E-state index contributed by atoms with van der Waals surface area (Å²) in [5, 5.41) is 4.04. The van der Waals surface area contributed by atoms with Crippen LogP contribution in [-0.4, -0.2) is 40.6 Å². The van der Waals surface area contributed by atoms with Gasteiger partial charge in [0.05, 0.1) is 18.6 Å². The lowest BCUT2D eigenvalue weighted by Gasteiger charge is -2.11. The average Bonchev–Trinajstić information content (AvgIpc) is 2.97. The highest BCUT2D eigenvalue weighted by molar-refractivity contribution is 7.16. The summed E-state index contributed by atoms with van der Waals surface area (Å²) in [4.78, 5) is 19.1. The van der Waals surface area contributed by atoms with Gasteiger partial charge < -0.3 is 10.5 Å². The second kappa shape index (κ2) is 8.26. The lowest BCUT2D eigenvalue weighted by Crippen LogP contribution is -2.27. The summed E-state index contributed by atoms with van der Waals surface area (Å²) in [7, 11) is 1.33. The average molecular weight is 429 g/mol. The number of nitrogens with zero attached hydrogens (tertiary/aromatic N) is 4. The van der Waals surface area contributed by atoms with Crippen molar-refractivity contribution in [2.45, 2.75) is 25.4 Å². The maximum absolute atomic E-state index is 13.4. The van der Waals surface area contributed by atoms with Crippen LogP contribution in [0.3, 0.4) is 0 Å². The molecule has 2 heterocycles. The third-order valence-electron chi connectivity index (χ3n) is 3.21. The summed E-state index contributed by atoms with van der Waals surface area (Å²) in [6, 6.07) is 0. The van der Waals surface area contributed by atoms with E-state index >= 15 is 0 Å². The molecule has 28 heavy (non-hydrogen) atoms. The van der Waals surface area contributed by atoms with Gasteiger partial charge in [-0.15, -0.1) is 0 Å². The summed E-state index contributed by atoms with van der Waals surface area (Å²) >= 11 is 0.725. The molecule has 2 aromatic heterocycles. The van der Waals surface area contributed by atoms with Gasteiger partial charge in [-0.05, 0) is 0 Å². The number of alkyl halides is 6. The van der Waals surface area contributed by atoms with E-state index < -0.39 is 47.7 Å². The predicted molar refractivity (Wildman–Crippen MR) is 89.0 cm³/mol. The largest absolute Gasteiger partial charge is 0.434 e. The van der Waals surface area contributed by atoms with E-state index in [-0.39, 0.29) is 16.6 Å². The molecule has 14 heteroatoms. The fourth-order valence-electron chi connectivity index (χ4n) is 2.08. The van der Waals surface area contributed by atoms with Crippen LogP contribution in [0.25, 0.3) is 10.5 Å². The number of ether oxygens (including phenoxy) is 1. The topological polar surface area (TPSA) is 94.9 Å². The highest BCUT2D eigenvalue weighted by atomic mass is 32.1. The maximum atomic E-state index is 13.4. The lowest BCUT2D eigenvalue weighted by atomic mass is 10.1. The van der Waals surface area contributed by atoms with Gasteiger partial charge in [0.1, 0.15) is 5.01 Å². The molecular weight excluding hydrogens is 416 g/mol. The van der Waals surface area contributed by atoms with E-state index in [1.54, 1.807) is 0 Å². The monoisotopic (exact) mass is 429 g/mol. The number of hydrogen-bond acceptors (Lipinski definition) is 7. The number of rotatable bonds is 6. The molecular formula is C14H13F6N5O2S. The Morgan fingerprint density at radius 1 is 1.32 bits per heavy atom. The minimum atomic E-state index is -5.03. The molecule has 2 N–H and O–H groups in total. The molecule has 0 atom stereocenters. The second-order valence-corrected chi connectivity index (χ2v) is 6.32. The minimum Gasteiger partial charge on any atom is -0.404 e. The molecule has 0 amide bonds. The van der Waals surface area contributed by atoms with Crippen LogP contribution in [0.15, 0.2) is 16.0 Å². The lowest BCUT2D eigenvalue weighted by molar-refractivity contribution is -0.141. The quantitative estimate of drug-likeness (QED) is 0.563. The Morgan fingerprint density at radius 2 is 2.00 bits per heavy atom. The first-order valence-corrected chi connectivity index (χ1v) is 8.27. The number of fused-ring (bicyclic) bond motifs is 1. The summed E-state index contributed by atoms with van der Waals surface area (Å²) in [6.07, 6.45) is -9.48. The van der Waals surface area contributed by atoms with E-state index in [0.717, 1.165) is 11.3 Å². The number of hydrogen-bond donors (Lipinski definition) is 1. The van der Waals surface area contributed by atoms with Gasteiger partial charge in [0, 0.05) is 31.6 Å². The molecule has 0 saturated carbocycles. The number of aliphatic imine (C=N–C) groups is 1. The van der Waals surface area contributed by atoms with E-state index in [1.165, 1.54) is 7.11 Å². The first-order chi connectivity index (χ1) is 13.0. The fourth-order valence-corrected chi connectivity index (χ4v) is 2.93. The van der Waals surface area contributed by atoms with Crippen molar-refractivity contribution >= 4 is 28.1 Å². The first kappa shape index (κ1) is 21.8. The van der Waals surface area contributed by atoms with Crippen molar-refractivity contribution in [1.29, 1.82) is 0 Å². The number of nitrogens with two attached hydrogens (primary N) is 1. The number of halogens is 6. The molecule has 0 radical (unpaired) electrons. The summed E-state index contributed by atoms with van der Waals surface area (Å²) in [6.45, 7) is -0.795. The Bertz CT molecular complexity index is 960. The van der Waals surface area contributed by atoms with Crippen LogP contribution < -0.4 is 11.3 Å². The smallest absolute Gasteiger partial charge is 0.404 e. The number of methoxy groups -OCH3 is 1. The Kier molecular flexibility index (Phi) is 6.44. The van der Waals surface area contributed by atoms with E-state index in [0.29, 0.717) is 16.9 Å². The first-order valence-electron chi connectivity index (χ1n) is 7.45. The Balaban J connectivity index is 2.57. The fraction of sp³-hybridized carbons (Fsp3) is 0.429. The minimum absolute atomic E-state index is 0.0529. The molecule has 7 nitrogen and oxygen atoms in total. The van der Waals surface area contributed by atoms with Gasteiger partial charge in [0.2, 0.25) is 4.96 Å². The molecule has 0 aliphatic heterocycles. The number of allylic oxidation sites excluding steroid dienone is 1. The molecule has 0 bridgehead atoms. The normalized spacial score (nSPS) is 13.8. The summed E-state index contributed by atoms with van der Waals surface area (Å²) in [5.41, 5.74) is 1.09. The molecule has 2 rings (SSSR count). The van der Waals surface area contributed by atoms with Gasteiger partial charge in [-0.25, -0.2) is 4.98 Å². The molecule has 154 valence electrons. The van der Waals surface area contributed by atoms with Gasteiger partial charge in [-0.2, -0.15) is 36.0 Å². The van der Waals surface area contributed by atoms with E-state index in [2.05, 4.69) is 15.1 Å². The van der Waals surface area contributed by atoms with E-state index in [4.69, 9.17) is 10.5 Å². The third kappa shape index (κ3) is 5.07. The molecule has 0 aromatic carbocycles. The summed E-state index contributed by atoms with van der Waals surface area (Å²) < 4.78 is 82.3. The molecule has 0 spiro atoms. The molecule has 0 aliphatic rings. The van der Waals surface area contributed by atoms with Crippen LogP contribution in [0.2, 0.25) is 0 Å². The van der Waals surface area contributed by atoms with Crippen molar-refractivity contribution in [3.05, 3.63) is 32.8 Å². The predicted octanol–water partition coefficient (Wildman–Crippen LogP) is 2.64. The van der Waals surface area contributed by atoms with Gasteiger partial charge in [-0.1, -0.05) is 11.3 Å². The van der Waals surface area contributed by atoms with E-state index in [1.807, 2.05) is 0 Å². The zero-order valence-electron chi connectivity index (χ0n) is 14.1. The van der Waals surface area contributed by atoms with Crippen molar-refractivity contribution < 1.29 is 31.1 Å². The molecule has 0 aliphatic carbocycles. The van der Waals surface area contributed by atoms with Crippen molar-refractivity contribution in [3.63, 3.8) is 0 Å². The van der Waals surface area contributed by atoms with Crippen LogP contribution in [0.4, 0.5) is 26.3 Å². The van der Waals surface area contributed by atoms with Crippen LogP contribution in [-0.2, 0) is 17.5 Å². The molecule has 0 saturated heterocycles. The van der Waals surface area contributed by atoms with Crippen LogP contribution in [0.5, 0.6) is 0 Å². The Morgan fingerprint density at radius 3 is 2.54 bits per heavy atom. The van der Waals surface area contributed by atoms with Crippen molar-refractivity contribution in [2.75, 3.05) is 13.7 Å². The second-order valence-electron chi connectivity index (χ2n) is 5.28. The number of aromatic nitrogens is 3. The highest BCUT2D eigenvalue weighted by Gasteiger charge is 2.39. The van der Waals surface area contributed by atoms with Crippen molar-refractivity contribution in [1.82, 2.24) is 14.6 Å². The van der Waals surface area contributed by atoms with Gasteiger partial charge in [-0.3, -0.25) is 9.79 Å². The molecule has 0 fully saturated rings. The Hall–Kier alpha value is -2.48. The van der Waals surface area contributed by atoms with E-state index in [9.17, 15) is 31.1 Å². The van der Waals surface area contributed by atoms with Gasteiger partial charge in [0.15, 0.2) is 5.69 Å². The van der Waals surface area contributed by atoms with Crippen LogP contribution >= 0.6 is 11.3 Å². The SMILES string of the molecule is COCc1nn2c(=O)c(/C(C=NCCC(F)(F)F)=C/N)c(C(F)(F)F)nc2s1. The van der Waals surface area contributed by atoms with Crippen LogP contribution in [0, 0.1) is 0 Å². The maximum Gasteiger partial charge on any atom is 0.434 e. The zero-order chi connectivity index (χ0) is 21.1. The molecule has 2 aromatic rings. The van der Waals surface area contributed by atoms with Crippen molar-refractivity contribution in [3.8, 4) is 0 Å². The van der Waals surface area contributed by atoms with Gasteiger partial charge >= 0.3 is 12.4 Å². The Labute approximate surface area is 157 Å².